The highest BCUT2D eigenvalue weighted by atomic mass is 32.2. The van der Waals surface area contributed by atoms with E-state index in [0.717, 1.165) is 54.2 Å². The van der Waals surface area contributed by atoms with E-state index in [0.29, 0.717) is 11.1 Å². The minimum absolute atomic E-state index is 0.0385. The Bertz CT molecular complexity index is 1180. The Morgan fingerprint density at radius 2 is 1.09 bits per heavy atom. The lowest BCUT2D eigenvalue weighted by Gasteiger charge is -2.23. The second kappa shape index (κ2) is 10.4. The van der Waals surface area contributed by atoms with E-state index in [1.807, 2.05) is 42.5 Å². The molecule has 33 heavy (non-hydrogen) atoms. The van der Waals surface area contributed by atoms with Crippen molar-refractivity contribution in [1.82, 2.24) is 0 Å². The molecule has 0 unspecified atom stereocenters. The molecule has 5 nitrogen and oxygen atoms in total. The van der Waals surface area contributed by atoms with Crippen LogP contribution in [0.1, 0.15) is 33.3 Å². The summed E-state index contributed by atoms with van der Waals surface area (Å²) in [4.78, 5) is 4.45. The zero-order valence-corrected chi connectivity index (χ0v) is 21.0. The van der Waals surface area contributed by atoms with E-state index >= 15 is 0 Å². The lowest BCUT2D eigenvalue weighted by Crippen LogP contribution is -2.21. The van der Waals surface area contributed by atoms with Gasteiger partial charge in [0.1, 0.15) is 4.90 Å². The first-order valence-electron chi connectivity index (χ1n) is 11.6. The lowest BCUT2D eigenvalue weighted by atomic mass is 9.92. The molecule has 0 aliphatic carbocycles. The van der Waals surface area contributed by atoms with Gasteiger partial charge in [0.25, 0.3) is 10.1 Å². The average Bonchev–Trinajstić information content (AvgIpc) is 2.81. The van der Waals surface area contributed by atoms with Gasteiger partial charge in [-0.05, 0) is 81.1 Å². The Balaban J connectivity index is 2.21. The number of benzene rings is 3. The molecular formula is C27H34N2O3S. The molecule has 0 aliphatic heterocycles. The van der Waals surface area contributed by atoms with Crippen LogP contribution < -0.4 is 9.80 Å². The van der Waals surface area contributed by atoms with Crippen molar-refractivity contribution in [2.75, 3.05) is 36.0 Å². The first-order chi connectivity index (χ1) is 15.7. The summed E-state index contributed by atoms with van der Waals surface area (Å²) in [5.74, 6) is 0. The minimum atomic E-state index is -4.43. The van der Waals surface area contributed by atoms with Gasteiger partial charge in [0.15, 0.2) is 0 Å². The maximum atomic E-state index is 12.5. The van der Waals surface area contributed by atoms with Crippen LogP contribution in [0, 0.1) is 6.92 Å². The summed E-state index contributed by atoms with van der Waals surface area (Å²) < 4.78 is 35.1. The summed E-state index contributed by atoms with van der Waals surface area (Å²) in [6.07, 6.45) is 0. The van der Waals surface area contributed by atoms with Gasteiger partial charge < -0.3 is 9.80 Å². The van der Waals surface area contributed by atoms with Gasteiger partial charge in [-0.3, -0.25) is 4.55 Å². The molecule has 1 N–H and O–H groups in total. The molecule has 6 heteroatoms. The predicted octanol–water partition coefficient (Wildman–Crippen LogP) is 6.27. The molecule has 3 aromatic carbocycles. The van der Waals surface area contributed by atoms with Crippen molar-refractivity contribution >= 4 is 21.5 Å². The molecule has 0 spiro atoms. The molecule has 0 bridgehead atoms. The van der Waals surface area contributed by atoms with Gasteiger partial charge in [-0.1, -0.05) is 36.4 Å². The molecule has 0 radical (unpaired) electrons. The third-order valence-corrected chi connectivity index (χ3v) is 7.25. The summed E-state index contributed by atoms with van der Waals surface area (Å²) in [6, 6.07) is 19.7. The third-order valence-electron chi connectivity index (χ3n) is 6.20. The molecule has 0 saturated carbocycles. The van der Waals surface area contributed by atoms with Crippen LogP contribution in [-0.4, -0.2) is 39.1 Å². The van der Waals surface area contributed by atoms with Crippen LogP contribution in [0.15, 0.2) is 65.6 Å². The fraction of sp³-hybridized carbons (Fsp3) is 0.333. The number of nitrogens with zero attached hydrogens (tertiary/aromatic N) is 2. The highest BCUT2D eigenvalue weighted by molar-refractivity contribution is 7.86. The number of aryl methyl sites for hydroxylation is 1. The van der Waals surface area contributed by atoms with E-state index in [1.165, 1.54) is 0 Å². The molecule has 0 atom stereocenters. The van der Waals surface area contributed by atoms with Crippen molar-refractivity contribution in [2.45, 2.75) is 39.5 Å². The summed E-state index contributed by atoms with van der Waals surface area (Å²) in [5, 5.41) is 0. The van der Waals surface area contributed by atoms with E-state index in [9.17, 15) is 13.0 Å². The first-order valence-corrected chi connectivity index (χ1v) is 13.0. The van der Waals surface area contributed by atoms with Crippen LogP contribution in [0.2, 0.25) is 0 Å². The van der Waals surface area contributed by atoms with Gasteiger partial charge >= 0.3 is 0 Å². The largest absolute Gasteiger partial charge is 0.372 e. The maximum absolute atomic E-state index is 12.5. The zero-order valence-electron chi connectivity index (χ0n) is 20.2. The first kappa shape index (κ1) is 24.8. The molecule has 0 heterocycles. The van der Waals surface area contributed by atoms with Crippen molar-refractivity contribution in [3.8, 4) is 22.3 Å². The monoisotopic (exact) mass is 466 g/mol. The van der Waals surface area contributed by atoms with E-state index in [4.69, 9.17) is 0 Å². The molecule has 3 aromatic rings. The molecular weight excluding hydrogens is 432 g/mol. The molecule has 0 amide bonds. The number of hydrogen-bond acceptors (Lipinski definition) is 4. The predicted molar refractivity (Wildman–Crippen MR) is 139 cm³/mol. The summed E-state index contributed by atoms with van der Waals surface area (Å²) >= 11 is 0. The molecule has 3 rings (SSSR count). The van der Waals surface area contributed by atoms with E-state index in [-0.39, 0.29) is 4.90 Å². The Kier molecular flexibility index (Phi) is 7.82. The SMILES string of the molecule is CCN(CC)c1ccc(-c2ccc(C)c(S(=O)(=O)O)c2-c2ccc(N(CC)CC)cc2)cc1. The van der Waals surface area contributed by atoms with Crippen LogP contribution in [0.4, 0.5) is 11.4 Å². The van der Waals surface area contributed by atoms with Crippen LogP contribution >= 0.6 is 0 Å². The number of anilines is 2. The van der Waals surface area contributed by atoms with Crippen molar-refractivity contribution in [1.29, 1.82) is 0 Å². The second-order valence-corrected chi connectivity index (χ2v) is 9.41. The Hall–Kier alpha value is -2.83. The Labute approximate surface area is 198 Å². The summed E-state index contributed by atoms with van der Waals surface area (Å²) in [7, 11) is -4.43. The van der Waals surface area contributed by atoms with Crippen molar-refractivity contribution in [2.24, 2.45) is 0 Å². The molecule has 0 saturated heterocycles. The van der Waals surface area contributed by atoms with Gasteiger partial charge in [-0.25, -0.2) is 0 Å². The van der Waals surface area contributed by atoms with Crippen LogP contribution in [0.3, 0.4) is 0 Å². The van der Waals surface area contributed by atoms with Gasteiger partial charge in [-0.15, -0.1) is 0 Å². The molecule has 0 aliphatic rings. The number of rotatable bonds is 9. The van der Waals surface area contributed by atoms with E-state index in [1.54, 1.807) is 13.0 Å². The standard InChI is InChI=1S/C27H34N2O3S/c1-6-28(7-2)23-15-11-21(12-16-23)25-19-10-20(5)27(33(30,31)32)26(25)22-13-17-24(18-14-22)29(8-3)9-4/h10-19H,6-9H2,1-5H3,(H,30,31,32). The van der Waals surface area contributed by atoms with Crippen molar-refractivity contribution in [3.63, 3.8) is 0 Å². The highest BCUT2D eigenvalue weighted by Crippen LogP contribution is 2.40. The van der Waals surface area contributed by atoms with Crippen molar-refractivity contribution in [3.05, 3.63) is 66.2 Å². The molecule has 0 fully saturated rings. The maximum Gasteiger partial charge on any atom is 0.295 e. The third kappa shape index (κ3) is 5.23. The average molecular weight is 467 g/mol. The smallest absolute Gasteiger partial charge is 0.295 e. The topological polar surface area (TPSA) is 60.9 Å². The second-order valence-electron chi connectivity index (χ2n) is 8.05. The number of hydrogen-bond donors (Lipinski definition) is 1. The fourth-order valence-electron chi connectivity index (χ4n) is 4.41. The zero-order chi connectivity index (χ0) is 24.2. The van der Waals surface area contributed by atoms with Crippen molar-refractivity contribution < 1.29 is 13.0 Å². The van der Waals surface area contributed by atoms with Gasteiger partial charge in [0.2, 0.25) is 0 Å². The molecule has 0 aromatic heterocycles. The van der Waals surface area contributed by atoms with Gasteiger partial charge in [-0.2, -0.15) is 8.42 Å². The summed E-state index contributed by atoms with van der Waals surface area (Å²) in [5.41, 5.74) is 5.67. The normalized spacial score (nSPS) is 11.5. The Morgan fingerprint density at radius 1 is 0.667 bits per heavy atom. The molecule has 176 valence electrons. The highest BCUT2D eigenvalue weighted by Gasteiger charge is 2.23. The van der Waals surface area contributed by atoms with Gasteiger partial charge in [0, 0.05) is 43.1 Å². The van der Waals surface area contributed by atoms with E-state index < -0.39 is 10.1 Å². The lowest BCUT2D eigenvalue weighted by molar-refractivity contribution is 0.483. The minimum Gasteiger partial charge on any atom is -0.372 e. The van der Waals surface area contributed by atoms with Gasteiger partial charge in [0.05, 0.1) is 0 Å². The fourth-order valence-corrected chi connectivity index (χ4v) is 5.38. The van der Waals surface area contributed by atoms with E-state index in [2.05, 4.69) is 49.6 Å². The summed E-state index contributed by atoms with van der Waals surface area (Å²) in [6.45, 7) is 13.8. The Morgan fingerprint density at radius 3 is 1.48 bits per heavy atom. The quantitative estimate of drug-likeness (QED) is 0.377. The van der Waals surface area contributed by atoms with Crippen LogP contribution in [-0.2, 0) is 10.1 Å². The van der Waals surface area contributed by atoms with Crippen LogP contribution in [0.5, 0.6) is 0 Å². The van der Waals surface area contributed by atoms with Crippen LogP contribution in [0.25, 0.3) is 22.3 Å².